The lowest BCUT2D eigenvalue weighted by atomic mass is 10.1. The summed E-state index contributed by atoms with van der Waals surface area (Å²) in [6, 6.07) is 4.09. The minimum atomic E-state index is -0.484. The average molecular weight is 235 g/mol. The molecule has 1 aliphatic heterocycles. The van der Waals surface area contributed by atoms with Gasteiger partial charge in [0.1, 0.15) is 5.82 Å². The molecule has 1 N–H and O–H groups in total. The van der Waals surface area contributed by atoms with Crippen LogP contribution in [0, 0.1) is 5.82 Å². The molecule has 0 bridgehead atoms. The Bertz CT molecular complexity index is 457. The molecule has 1 aromatic rings. The summed E-state index contributed by atoms with van der Waals surface area (Å²) in [5.74, 6) is -0.605. The van der Waals surface area contributed by atoms with E-state index in [4.69, 9.17) is 5.11 Å². The largest absolute Gasteiger partial charge is 0.392 e. The molecule has 1 heterocycles. The Morgan fingerprint density at radius 2 is 2.24 bits per heavy atom. The third-order valence-corrected chi connectivity index (χ3v) is 2.81. The molecule has 0 atom stereocenters. The smallest absolute Gasteiger partial charge is 0.254 e. The van der Waals surface area contributed by atoms with E-state index in [1.807, 2.05) is 12.2 Å². The summed E-state index contributed by atoms with van der Waals surface area (Å²) in [6.45, 7) is 0.874. The van der Waals surface area contributed by atoms with Gasteiger partial charge in [-0.25, -0.2) is 4.39 Å². The molecule has 0 spiro atoms. The summed E-state index contributed by atoms with van der Waals surface area (Å²) in [5.41, 5.74) is 0.578. The van der Waals surface area contributed by atoms with Crippen LogP contribution in [-0.4, -0.2) is 29.0 Å². The monoisotopic (exact) mass is 235 g/mol. The van der Waals surface area contributed by atoms with Gasteiger partial charge < -0.3 is 10.0 Å². The third kappa shape index (κ3) is 2.53. The second-order valence-electron chi connectivity index (χ2n) is 3.98. The van der Waals surface area contributed by atoms with Crippen molar-refractivity contribution in [3.63, 3.8) is 0 Å². The van der Waals surface area contributed by atoms with Crippen LogP contribution in [0.4, 0.5) is 4.39 Å². The number of aliphatic hydroxyl groups excluding tert-OH is 1. The Morgan fingerprint density at radius 1 is 1.41 bits per heavy atom. The number of halogens is 1. The van der Waals surface area contributed by atoms with Crippen LogP contribution in [0.5, 0.6) is 0 Å². The Balaban J connectivity index is 2.21. The van der Waals surface area contributed by atoms with Gasteiger partial charge in [-0.15, -0.1) is 0 Å². The Hall–Kier alpha value is -1.68. The van der Waals surface area contributed by atoms with E-state index in [2.05, 4.69) is 0 Å². The van der Waals surface area contributed by atoms with Gasteiger partial charge in [0.25, 0.3) is 5.91 Å². The van der Waals surface area contributed by atoms with Crippen molar-refractivity contribution in [2.24, 2.45) is 0 Å². The number of nitrogens with zero attached hydrogens (tertiary/aromatic N) is 1. The number of hydrogen-bond acceptors (Lipinski definition) is 2. The second kappa shape index (κ2) is 5.10. The molecular formula is C13H14FNO2. The molecule has 0 aromatic heterocycles. The fourth-order valence-electron chi connectivity index (χ4n) is 1.84. The lowest BCUT2D eigenvalue weighted by Crippen LogP contribution is -2.33. The normalized spacial score (nSPS) is 15.1. The van der Waals surface area contributed by atoms with Crippen molar-refractivity contribution in [1.29, 1.82) is 0 Å². The Kier molecular flexibility index (Phi) is 3.54. The van der Waals surface area contributed by atoms with E-state index in [-0.39, 0.29) is 11.5 Å². The van der Waals surface area contributed by atoms with Gasteiger partial charge >= 0.3 is 0 Å². The maximum absolute atomic E-state index is 13.2. The van der Waals surface area contributed by atoms with Gasteiger partial charge in [-0.1, -0.05) is 12.2 Å². The van der Waals surface area contributed by atoms with E-state index in [1.165, 1.54) is 18.2 Å². The van der Waals surface area contributed by atoms with Gasteiger partial charge in [0, 0.05) is 24.2 Å². The van der Waals surface area contributed by atoms with Crippen LogP contribution in [0.15, 0.2) is 30.4 Å². The SMILES string of the molecule is O=C(c1ccc(F)c(CO)c1)N1CC=CCC1. The summed E-state index contributed by atoms with van der Waals surface area (Å²) in [7, 11) is 0. The van der Waals surface area contributed by atoms with Crippen molar-refractivity contribution in [3.05, 3.63) is 47.3 Å². The zero-order chi connectivity index (χ0) is 12.3. The Labute approximate surface area is 99.2 Å². The van der Waals surface area contributed by atoms with E-state index in [1.54, 1.807) is 4.90 Å². The molecule has 1 aromatic carbocycles. The van der Waals surface area contributed by atoms with Crippen molar-refractivity contribution in [1.82, 2.24) is 4.90 Å². The highest BCUT2D eigenvalue weighted by Crippen LogP contribution is 2.14. The zero-order valence-corrected chi connectivity index (χ0v) is 9.40. The standard InChI is InChI=1S/C13H14FNO2/c14-12-5-4-10(8-11(12)9-16)13(17)15-6-2-1-3-7-15/h1-2,4-5,8,16H,3,6-7,9H2. The minimum absolute atomic E-state index is 0.121. The van der Waals surface area contributed by atoms with Crippen molar-refractivity contribution in [2.45, 2.75) is 13.0 Å². The molecule has 1 aliphatic rings. The maximum Gasteiger partial charge on any atom is 0.254 e. The molecule has 4 heteroatoms. The first-order valence-electron chi connectivity index (χ1n) is 5.56. The summed E-state index contributed by atoms with van der Waals surface area (Å²) < 4.78 is 13.2. The van der Waals surface area contributed by atoms with Crippen LogP contribution in [0.25, 0.3) is 0 Å². The van der Waals surface area contributed by atoms with Crippen LogP contribution < -0.4 is 0 Å². The quantitative estimate of drug-likeness (QED) is 0.793. The molecule has 90 valence electrons. The minimum Gasteiger partial charge on any atom is -0.392 e. The van der Waals surface area contributed by atoms with Gasteiger partial charge in [-0.2, -0.15) is 0 Å². The number of rotatable bonds is 2. The van der Waals surface area contributed by atoms with Crippen LogP contribution in [0.1, 0.15) is 22.3 Å². The summed E-state index contributed by atoms with van der Waals surface area (Å²) in [6.07, 6.45) is 4.82. The first-order valence-corrected chi connectivity index (χ1v) is 5.56. The highest BCUT2D eigenvalue weighted by atomic mass is 19.1. The van der Waals surface area contributed by atoms with E-state index in [0.29, 0.717) is 18.7 Å². The molecule has 17 heavy (non-hydrogen) atoms. The fourth-order valence-corrected chi connectivity index (χ4v) is 1.84. The summed E-state index contributed by atoms with van der Waals surface area (Å²) >= 11 is 0. The first-order chi connectivity index (χ1) is 8.22. The number of carbonyl (C=O) groups is 1. The van der Waals surface area contributed by atoms with Crippen LogP contribution in [0.2, 0.25) is 0 Å². The van der Waals surface area contributed by atoms with Crippen LogP contribution >= 0.6 is 0 Å². The van der Waals surface area contributed by atoms with Crippen molar-refractivity contribution in [2.75, 3.05) is 13.1 Å². The predicted octanol–water partition coefficient (Wildman–Crippen LogP) is 1.72. The third-order valence-electron chi connectivity index (χ3n) is 2.81. The van der Waals surface area contributed by atoms with Crippen LogP contribution in [0.3, 0.4) is 0 Å². The fraction of sp³-hybridized carbons (Fsp3) is 0.308. The van der Waals surface area contributed by atoms with Crippen molar-refractivity contribution in [3.8, 4) is 0 Å². The number of carbonyl (C=O) groups excluding carboxylic acids is 1. The van der Waals surface area contributed by atoms with E-state index >= 15 is 0 Å². The summed E-state index contributed by atoms with van der Waals surface area (Å²) in [5, 5.41) is 8.96. The lowest BCUT2D eigenvalue weighted by Gasteiger charge is -2.23. The summed E-state index contributed by atoms with van der Waals surface area (Å²) in [4.78, 5) is 13.8. The molecular weight excluding hydrogens is 221 g/mol. The first kappa shape index (κ1) is 11.8. The molecule has 0 radical (unpaired) electrons. The van der Waals surface area contributed by atoms with Gasteiger partial charge in [0.2, 0.25) is 0 Å². The maximum atomic E-state index is 13.2. The molecule has 3 nitrogen and oxygen atoms in total. The molecule has 2 rings (SSSR count). The second-order valence-corrected chi connectivity index (χ2v) is 3.98. The Morgan fingerprint density at radius 3 is 2.88 bits per heavy atom. The van der Waals surface area contributed by atoms with E-state index in [9.17, 15) is 9.18 Å². The highest BCUT2D eigenvalue weighted by molar-refractivity contribution is 5.94. The number of hydrogen-bond donors (Lipinski definition) is 1. The predicted molar refractivity (Wildman–Crippen MR) is 62.0 cm³/mol. The number of benzene rings is 1. The van der Waals surface area contributed by atoms with Crippen molar-refractivity contribution < 1.29 is 14.3 Å². The topological polar surface area (TPSA) is 40.5 Å². The molecule has 1 amide bonds. The average Bonchev–Trinajstić information content (AvgIpc) is 2.39. The van der Waals surface area contributed by atoms with Crippen molar-refractivity contribution >= 4 is 5.91 Å². The van der Waals surface area contributed by atoms with E-state index in [0.717, 1.165) is 6.42 Å². The molecule has 0 saturated carbocycles. The van der Waals surface area contributed by atoms with Gasteiger partial charge in [0.15, 0.2) is 0 Å². The van der Waals surface area contributed by atoms with Gasteiger partial charge in [-0.05, 0) is 24.6 Å². The number of aliphatic hydroxyl groups is 1. The number of amides is 1. The van der Waals surface area contributed by atoms with Gasteiger partial charge in [0.05, 0.1) is 6.61 Å². The van der Waals surface area contributed by atoms with Gasteiger partial charge in [-0.3, -0.25) is 4.79 Å². The highest BCUT2D eigenvalue weighted by Gasteiger charge is 2.17. The van der Waals surface area contributed by atoms with Crippen LogP contribution in [-0.2, 0) is 6.61 Å². The lowest BCUT2D eigenvalue weighted by molar-refractivity contribution is 0.0771. The molecule has 0 fully saturated rings. The molecule has 0 saturated heterocycles. The molecule has 0 aliphatic carbocycles. The zero-order valence-electron chi connectivity index (χ0n) is 9.40. The van der Waals surface area contributed by atoms with E-state index < -0.39 is 12.4 Å². The molecule has 0 unspecified atom stereocenters.